The standard InChI is InChI=1S/C20H20BrNO/c1-4-6-7-9-16(5-2)20-17(14-23)12-15(3)22(20)19-11-8-10-18(21)13-19/h4-6,8-14H,2,7H2,1,3H3/b6-4-,16-9-. The van der Waals surface area contributed by atoms with Crippen molar-refractivity contribution in [1.29, 1.82) is 0 Å². The number of aryl methyl sites for hydroxylation is 1. The summed E-state index contributed by atoms with van der Waals surface area (Å²) in [5.74, 6) is 0. The lowest BCUT2D eigenvalue weighted by Crippen LogP contribution is -2.02. The van der Waals surface area contributed by atoms with E-state index in [4.69, 9.17) is 0 Å². The number of carbonyl (C=O) groups is 1. The van der Waals surface area contributed by atoms with Crippen molar-refractivity contribution >= 4 is 27.8 Å². The molecule has 0 radical (unpaired) electrons. The average molecular weight is 370 g/mol. The Morgan fingerprint density at radius 2 is 2.13 bits per heavy atom. The number of allylic oxidation sites excluding steroid dienone is 5. The Labute approximate surface area is 146 Å². The molecule has 0 atom stereocenters. The van der Waals surface area contributed by atoms with Gasteiger partial charge in [0.2, 0.25) is 0 Å². The Kier molecular flexibility index (Phi) is 5.94. The molecule has 0 N–H and O–H groups in total. The van der Waals surface area contributed by atoms with Crippen LogP contribution < -0.4 is 0 Å². The first kappa shape index (κ1) is 17.2. The predicted octanol–water partition coefficient (Wildman–Crippen LogP) is 5.90. The van der Waals surface area contributed by atoms with Crippen molar-refractivity contribution in [2.45, 2.75) is 20.3 Å². The van der Waals surface area contributed by atoms with Crippen LogP contribution in [0.1, 0.15) is 35.1 Å². The van der Waals surface area contributed by atoms with Crippen molar-refractivity contribution in [3.05, 3.63) is 82.6 Å². The summed E-state index contributed by atoms with van der Waals surface area (Å²) >= 11 is 3.51. The van der Waals surface area contributed by atoms with Crippen LogP contribution in [0.5, 0.6) is 0 Å². The van der Waals surface area contributed by atoms with Crippen LogP contribution in [0.2, 0.25) is 0 Å². The first-order valence-electron chi connectivity index (χ1n) is 7.50. The van der Waals surface area contributed by atoms with Gasteiger partial charge in [-0.05, 0) is 50.1 Å². The molecule has 0 aliphatic carbocycles. The number of aldehydes is 1. The van der Waals surface area contributed by atoms with Crippen LogP contribution in [0.3, 0.4) is 0 Å². The number of halogens is 1. The average Bonchev–Trinajstić information content (AvgIpc) is 2.88. The molecule has 23 heavy (non-hydrogen) atoms. The molecule has 0 unspecified atom stereocenters. The van der Waals surface area contributed by atoms with Crippen molar-refractivity contribution in [2.75, 3.05) is 0 Å². The second-order valence-electron chi connectivity index (χ2n) is 5.19. The van der Waals surface area contributed by atoms with Crippen molar-refractivity contribution < 1.29 is 4.79 Å². The summed E-state index contributed by atoms with van der Waals surface area (Å²) in [5.41, 5.74) is 4.54. The lowest BCUT2D eigenvalue weighted by molar-refractivity contribution is 0.112. The highest BCUT2D eigenvalue weighted by molar-refractivity contribution is 9.10. The molecule has 0 saturated heterocycles. The maximum atomic E-state index is 11.5. The Balaban J connectivity index is 2.68. The van der Waals surface area contributed by atoms with E-state index in [0.29, 0.717) is 5.56 Å². The van der Waals surface area contributed by atoms with Gasteiger partial charge in [-0.2, -0.15) is 0 Å². The third kappa shape index (κ3) is 3.80. The van der Waals surface area contributed by atoms with E-state index in [1.54, 1.807) is 6.08 Å². The van der Waals surface area contributed by atoms with Crippen molar-refractivity contribution in [2.24, 2.45) is 0 Å². The second-order valence-corrected chi connectivity index (χ2v) is 6.11. The van der Waals surface area contributed by atoms with Gasteiger partial charge in [-0.3, -0.25) is 4.79 Å². The molecule has 0 fully saturated rings. The molecule has 0 bridgehead atoms. The van der Waals surface area contributed by atoms with Crippen molar-refractivity contribution in [1.82, 2.24) is 4.57 Å². The molecule has 1 aromatic heterocycles. The molecule has 118 valence electrons. The summed E-state index contributed by atoms with van der Waals surface area (Å²) in [7, 11) is 0. The summed E-state index contributed by atoms with van der Waals surface area (Å²) in [6, 6.07) is 9.95. The van der Waals surface area contributed by atoms with Gasteiger partial charge in [-0.1, -0.05) is 52.9 Å². The molecule has 1 heterocycles. The largest absolute Gasteiger partial charge is 0.313 e. The lowest BCUT2D eigenvalue weighted by Gasteiger charge is -2.14. The Bertz CT molecular complexity index is 781. The summed E-state index contributed by atoms with van der Waals surface area (Å²) in [6.07, 6.45) is 9.69. The molecule has 0 amide bonds. The summed E-state index contributed by atoms with van der Waals surface area (Å²) < 4.78 is 3.09. The molecule has 2 rings (SSSR count). The van der Waals surface area contributed by atoms with E-state index >= 15 is 0 Å². The van der Waals surface area contributed by atoms with E-state index < -0.39 is 0 Å². The number of nitrogens with zero attached hydrogens (tertiary/aromatic N) is 1. The second kappa shape index (κ2) is 7.93. The van der Waals surface area contributed by atoms with Crippen LogP contribution in [0, 0.1) is 6.92 Å². The van der Waals surface area contributed by atoms with Crippen molar-refractivity contribution in [3.8, 4) is 5.69 Å². The zero-order valence-corrected chi connectivity index (χ0v) is 15.0. The van der Waals surface area contributed by atoms with E-state index in [0.717, 1.165) is 39.8 Å². The minimum Gasteiger partial charge on any atom is -0.313 e. The number of benzene rings is 1. The van der Waals surface area contributed by atoms with Crippen LogP contribution in [0.4, 0.5) is 0 Å². The SMILES string of the molecule is C=C/C(=C/C/C=C\C)c1c(C=O)cc(C)n1-c1cccc(Br)c1. The van der Waals surface area contributed by atoms with Gasteiger partial charge >= 0.3 is 0 Å². The van der Waals surface area contributed by atoms with E-state index in [-0.39, 0.29) is 0 Å². The molecule has 0 aliphatic heterocycles. The van der Waals surface area contributed by atoms with Gasteiger partial charge in [0.05, 0.1) is 5.69 Å². The summed E-state index contributed by atoms with van der Waals surface area (Å²) in [6.45, 7) is 7.92. The molecule has 0 aliphatic rings. The maximum absolute atomic E-state index is 11.5. The third-order valence-corrected chi connectivity index (χ3v) is 4.10. The topological polar surface area (TPSA) is 22.0 Å². The molecule has 2 aromatic rings. The van der Waals surface area contributed by atoms with Gasteiger partial charge < -0.3 is 4.57 Å². The first-order valence-corrected chi connectivity index (χ1v) is 8.29. The van der Waals surface area contributed by atoms with Crippen LogP contribution >= 0.6 is 15.9 Å². The quantitative estimate of drug-likeness (QED) is 0.353. The molecular weight excluding hydrogens is 350 g/mol. The van der Waals surface area contributed by atoms with Gasteiger partial charge in [0.15, 0.2) is 6.29 Å². The molecule has 0 spiro atoms. The van der Waals surface area contributed by atoms with Crippen molar-refractivity contribution in [3.63, 3.8) is 0 Å². The summed E-state index contributed by atoms with van der Waals surface area (Å²) in [4.78, 5) is 11.5. The number of rotatable bonds is 6. The normalized spacial score (nSPS) is 11.9. The molecule has 2 nitrogen and oxygen atoms in total. The number of aromatic nitrogens is 1. The molecule has 0 saturated carbocycles. The zero-order chi connectivity index (χ0) is 16.8. The Morgan fingerprint density at radius 1 is 1.35 bits per heavy atom. The van der Waals surface area contributed by atoms with Gasteiger partial charge in [0.1, 0.15) is 0 Å². The van der Waals surface area contributed by atoms with E-state index in [2.05, 4.69) is 39.2 Å². The number of carbonyl (C=O) groups excluding carboxylic acids is 1. The minimum absolute atomic E-state index is 0.675. The Hall–Kier alpha value is -2.13. The number of hydrogen-bond acceptors (Lipinski definition) is 1. The van der Waals surface area contributed by atoms with Gasteiger partial charge in [0.25, 0.3) is 0 Å². The number of hydrogen-bond donors (Lipinski definition) is 0. The van der Waals surface area contributed by atoms with Crippen LogP contribution in [-0.4, -0.2) is 10.9 Å². The third-order valence-electron chi connectivity index (χ3n) is 3.61. The summed E-state index contributed by atoms with van der Waals surface area (Å²) in [5, 5.41) is 0. The van der Waals surface area contributed by atoms with Gasteiger partial charge in [0, 0.05) is 21.4 Å². The zero-order valence-electron chi connectivity index (χ0n) is 13.4. The Morgan fingerprint density at radius 3 is 2.74 bits per heavy atom. The fraction of sp³-hybridized carbons (Fsp3) is 0.150. The van der Waals surface area contributed by atoms with E-state index in [1.165, 1.54) is 0 Å². The van der Waals surface area contributed by atoms with Crippen LogP contribution in [-0.2, 0) is 0 Å². The smallest absolute Gasteiger partial charge is 0.152 e. The highest BCUT2D eigenvalue weighted by atomic mass is 79.9. The lowest BCUT2D eigenvalue weighted by atomic mass is 10.1. The highest BCUT2D eigenvalue weighted by Crippen LogP contribution is 2.29. The molecular formula is C20H20BrNO. The predicted molar refractivity (Wildman–Crippen MR) is 101 cm³/mol. The fourth-order valence-electron chi connectivity index (χ4n) is 2.60. The molecule has 3 heteroatoms. The van der Waals surface area contributed by atoms with Gasteiger partial charge in [-0.15, -0.1) is 0 Å². The van der Waals surface area contributed by atoms with E-state index in [1.807, 2.05) is 50.3 Å². The molecule has 1 aromatic carbocycles. The fourth-order valence-corrected chi connectivity index (χ4v) is 2.99. The minimum atomic E-state index is 0.675. The van der Waals surface area contributed by atoms with Crippen LogP contribution in [0.25, 0.3) is 11.3 Å². The monoisotopic (exact) mass is 369 g/mol. The maximum Gasteiger partial charge on any atom is 0.152 e. The van der Waals surface area contributed by atoms with Gasteiger partial charge in [-0.25, -0.2) is 0 Å². The highest BCUT2D eigenvalue weighted by Gasteiger charge is 2.16. The van der Waals surface area contributed by atoms with Crippen LogP contribution in [0.15, 0.2) is 65.7 Å². The first-order chi connectivity index (χ1) is 11.1. The van der Waals surface area contributed by atoms with E-state index in [9.17, 15) is 4.79 Å².